The van der Waals surface area contributed by atoms with Crippen molar-refractivity contribution >= 4 is 41.3 Å². The lowest BCUT2D eigenvalue weighted by molar-refractivity contribution is 0.0676. The smallest absolute Gasteiger partial charge is 0.191 e. The second kappa shape index (κ2) is 11.5. The van der Waals surface area contributed by atoms with Crippen molar-refractivity contribution in [2.45, 2.75) is 25.6 Å². The molecule has 1 aromatic heterocycles. The first-order valence-corrected chi connectivity index (χ1v) is 9.36. The van der Waals surface area contributed by atoms with Crippen LogP contribution >= 0.6 is 35.3 Å². The highest BCUT2D eigenvalue weighted by Gasteiger charge is 2.23. The fraction of sp³-hybridized carbons (Fsp3) is 0.421. The van der Waals surface area contributed by atoms with Crippen LogP contribution in [0, 0.1) is 0 Å². The monoisotopic (exact) mass is 489 g/mol. The zero-order chi connectivity index (χ0) is 18.1. The fourth-order valence-corrected chi connectivity index (χ4v) is 3.21. The van der Waals surface area contributed by atoms with E-state index in [1.165, 1.54) is 0 Å². The van der Waals surface area contributed by atoms with Gasteiger partial charge in [-0.15, -0.1) is 24.0 Å². The lowest BCUT2D eigenvalue weighted by Gasteiger charge is -2.22. The molecule has 0 radical (unpaired) electrons. The summed E-state index contributed by atoms with van der Waals surface area (Å²) in [6.45, 7) is 5.41. The number of aliphatic hydroxyl groups is 1. The summed E-state index contributed by atoms with van der Waals surface area (Å²) in [6.07, 6.45) is -0.0672. The van der Waals surface area contributed by atoms with Gasteiger partial charge in [0.05, 0.1) is 12.6 Å². The number of hydrogen-bond acceptors (Lipinski definition) is 4. The van der Waals surface area contributed by atoms with Gasteiger partial charge < -0.3 is 20.5 Å². The van der Waals surface area contributed by atoms with Gasteiger partial charge >= 0.3 is 0 Å². The van der Waals surface area contributed by atoms with E-state index in [2.05, 4.69) is 15.6 Å². The molecule has 7 heteroatoms. The first-order valence-electron chi connectivity index (χ1n) is 8.41. The maximum Gasteiger partial charge on any atom is 0.191 e. The van der Waals surface area contributed by atoms with Gasteiger partial charge in [-0.1, -0.05) is 30.3 Å². The summed E-state index contributed by atoms with van der Waals surface area (Å²) in [4.78, 5) is 4.53. The van der Waals surface area contributed by atoms with Crippen LogP contribution in [0.4, 0.5) is 0 Å². The van der Waals surface area contributed by atoms with E-state index < -0.39 is 5.60 Å². The Kier molecular flexibility index (Phi) is 10.1. The summed E-state index contributed by atoms with van der Waals surface area (Å²) in [5.41, 5.74) is 1.01. The zero-order valence-electron chi connectivity index (χ0n) is 15.4. The van der Waals surface area contributed by atoms with Crippen LogP contribution in [0.3, 0.4) is 0 Å². The molecular formula is C19H28IN3O2S. The first kappa shape index (κ1) is 22.9. The highest BCUT2D eigenvalue weighted by atomic mass is 127. The van der Waals surface area contributed by atoms with Gasteiger partial charge in [-0.25, -0.2) is 4.99 Å². The lowest BCUT2D eigenvalue weighted by Crippen LogP contribution is -2.40. The van der Waals surface area contributed by atoms with Gasteiger partial charge in [0, 0.05) is 20.2 Å². The second-order valence-electron chi connectivity index (χ2n) is 6.00. The molecular weight excluding hydrogens is 461 g/mol. The van der Waals surface area contributed by atoms with Crippen LogP contribution in [0.1, 0.15) is 31.1 Å². The summed E-state index contributed by atoms with van der Waals surface area (Å²) in [5.74, 6) is 0.663. The molecule has 0 fully saturated rings. The van der Waals surface area contributed by atoms with E-state index in [9.17, 15) is 5.11 Å². The van der Waals surface area contributed by atoms with Gasteiger partial charge in [0.2, 0.25) is 0 Å². The molecule has 0 amide bonds. The van der Waals surface area contributed by atoms with E-state index in [0.29, 0.717) is 12.5 Å². The zero-order valence-corrected chi connectivity index (χ0v) is 18.6. The van der Waals surface area contributed by atoms with Crippen LogP contribution in [-0.4, -0.2) is 37.8 Å². The molecule has 5 nitrogen and oxygen atoms in total. The highest BCUT2D eigenvalue weighted by Crippen LogP contribution is 2.23. The number of guanidine groups is 1. The Morgan fingerprint density at radius 2 is 2.00 bits per heavy atom. The van der Waals surface area contributed by atoms with E-state index in [4.69, 9.17) is 4.74 Å². The number of thiophene rings is 1. The van der Waals surface area contributed by atoms with Gasteiger partial charge in [-0.2, -0.15) is 11.3 Å². The quantitative estimate of drug-likeness (QED) is 0.302. The van der Waals surface area contributed by atoms with E-state index >= 15 is 0 Å². The lowest BCUT2D eigenvalue weighted by atomic mass is 10.00. The molecule has 3 N–H and O–H groups in total. The molecule has 2 unspecified atom stereocenters. The highest BCUT2D eigenvalue weighted by molar-refractivity contribution is 14.0. The Hall–Kier alpha value is -1.16. The molecule has 144 valence electrons. The molecule has 2 rings (SSSR count). The molecule has 2 atom stereocenters. The van der Waals surface area contributed by atoms with Crippen molar-refractivity contribution in [2.75, 3.05) is 26.7 Å². The van der Waals surface area contributed by atoms with Crippen molar-refractivity contribution in [1.29, 1.82) is 0 Å². The Labute approximate surface area is 176 Å². The van der Waals surface area contributed by atoms with Crippen LogP contribution in [0.2, 0.25) is 0 Å². The summed E-state index contributed by atoms with van der Waals surface area (Å²) >= 11 is 1.57. The molecule has 1 heterocycles. The van der Waals surface area contributed by atoms with Crippen LogP contribution in [0.5, 0.6) is 0 Å². The predicted octanol–water partition coefficient (Wildman–Crippen LogP) is 3.52. The van der Waals surface area contributed by atoms with Crippen molar-refractivity contribution in [2.24, 2.45) is 4.99 Å². The molecule has 2 aromatic rings. The van der Waals surface area contributed by atoms with Gasteiger partial charge in [-0.05, 0) is 41.8 Å². The largest absolute Gasteiger partial charge is 0.383 e. The molecule has 0 aliphatic carbocycles. The number of nitrogens with zero attached hydrogens (tertiary/aromatic N) is 1. The van der Waals surface area contributed by atoms with E-state index in [-0.39, 0.29) is 36.6 Å². The van der Waals surface area contributed by atoms with Crippen molar-refractivity contribution < 1.29 is 9.84 Å². The SMILES string of the molecule is CCNC(=NCC(C)(O)c1ccsc1)NCC(OC)c1ccccc1.I. The van der Waals surface area contributed by atoms with Crippen molar-refractivity contribution in [3.63, 3.8) is 0 Å². The van der Waals surface area contributed by atoms with Crippen molar-refractivity contribution in [3.05, 3.63) is 58.3 Å². The minimum atomic E-state index is -0.984. The third-order valence-electron chi connectivity index (χ3n) is 3.94. The Balaban J connectivity index is 0.00000338. The van der Waals surface area contributed by atoms with Gasteiger partial charge in [0.15, 0.2) is 5.96 Å². The maximum atomic E-state index is 10.6. The molecule has 1 aromatic carbocycles. The molecule has 0 aliphatic rings. The molecule has 0 bridgehead atoms. The predicted molar refractivity (Wildman–Crippen MR) is 119 cm³/mol. The minimum absolute atomic E-state index is 0. The normalized spacial score (nSPS) is 14.8. The number of rotatable bonds is 8. The molecule has 0 aliphatic heterocycles. The average molecular weight is 489 g/mol. The standard InChI is InChI=1S/C19H27N3O2S.HI/c1-4-20-18(22-14-19(2,23)16-10-11-25-13-16)21-12-17(24-3)15-8-6-5-7-9-15;/h5-11,13,17,23H,4,12,14H2,1-3H3,(H2,20,21,22);1H. The number of halogens is 1. The summed E-state index contributed by atoms with van der Waals surface area (Å²) in [5, 5.41) is 21.0. The third kappa shape index (κ3) is 6.86. The second-order valence-corrected chi connectivity index (χ2v) is 6.78. The topological polar surface area (TPSA) is 65.9 Å². The summed E-state index contributed by atoms with van der Waals surface area (Å²) < 4.78 is 5.58. The van der Waals surface area contributed by atoms with Gasteiger partial charge in [0.25, 0.3) is 0 Å². The van der Waals surface area contributed by atoms with Crippen molar-refractivity contribution in [3.8, 4) is 0 Å². The summed E-state index contributed by atoms with van der Waals surface area (Å²) in [7, 11) is 1.70. The number of methoxy groups -OCH3 is 1. The van der Waals surface area contributed by atoms with Gasteiger partial charge in [-0.3, -0.25) is 0 Å². The molecule has 26 heavy (non-hydrogen) atoms. The number of benzene rings is 1. The van der Waals surface area contributed by atoms with Crippen molar-refractivity contribution in [1.82, 2.24) is 10.6 Å². The Morgan fingerprint density at radius 3 is 2.58 bits per heavy atom. The third-order valence-corrected chi connectivity index (χ3v) is 4.63. The number of hydrogen-bond donors (Lipinski definition) is 3. The maximum absolute atomic E-state index is 10.6. The first-order chi connectivity index (χ1) is 12.1. The van der Waals surface area contributed by atoms with E-state index in [1.54, 1.807) is 25.4 Å². The van der Waals surface area contributed by atoms with Crippen LogP contribution in [0.25, 0.3) is 0 Å². The molecule has 0 saturated heterocycles. The van der Waals surface area contributed by atoms with Gasteiger partial charge in [0.1, 0.15) is 5.60 Å². The van der Waals surface area contributed by atoms with Crippen LogP contribution < -0.4 is 10.6 Å². The number of nitrogens with one attached hydrogen (secondary N) is 2. The average Bonchev–Trinajstić information content (AvgIpc) is 3.17. The number of aliphatic imine (C=N–C) groups is 1. The minimum Gasteiger partial charge on any atom is -0.383 e. The van der Waals surface area contributed by atoms with Crippen LogP contribution in [-0.2, 0) is 10.3 Å². The van der Waals surface area contributed by atoms with Crippen LogP contribution in [0.15, 0.2) is 52.2 Å². The Bertz CT molecular complexity index is 648. The van der Waals surface area contributed by atoms with E-state index in [1.807, 2.05) is 54.1 Å². The molecule has 0 spiro atoms. The Morgan fingerprint density at radius 1 is 1.27 bits per heavy atom. The number of ether oxygens (including phenoxy) is 1. The molecule has 0 saturated carbocycles. The fourth-order valence-electron chi connectivity index (χ4n) is 2.43. The van der Waals surface area contributed by atoms with E-state index in [0.717, 1.165) is 17.7 Å². The summed E-state index contributed by atoms with van der Waals surface area (Å²) in [6, 6.07) is 12.0.